The number of nitrogens with one attached hydrogen (secondary N) is 1. The van der Waals surface area contributed by atoms with Crippen LogP contribution in [0.4, 0.5) is 0 Å². The van der Waals surface area contributed by atoms with E-state index in [1.807, 2.05) is 41.1 Å². The Morgan fingerprint density at radius 1 is 1.37 bits per heavy atom. The van der Waals surface area contributed by atoms with E-state index in [1.165, 1.54) is 6.08 Å². The van der Waals surface area contributed by atoms with E-state index >= 15 is 0 Å². The molecule has 6 heteroatoms. The highest BCUT2D eigenvalue weighted by molar-refractivity contribution is 5.96. The second-order valence-corrected chi connectivity index (χ2v) is 5.96. The molecule has 1 N–H and O–H groups in total. The molecule has 0 aliphatic heterocycles. The third-order valence-corrected chi connectivity index (χ3v) is 4.17. The van der Waals surface area contributed by atoms with Crippen LogP contribution in [0.25, 0.3) is 17.0 Å². The van der Waals surface area contributed by atoms with Crippen LogP contribution in [0, 0.1) is 11.3 Å². The number of fused-ring (bicyclic) bond motifs is 1. The van der Waals surface area contributed by atoms with Crippen LogP contribution in [0.3, 0.4) is 0 Å². The minimum atomic E-state index is -0.181. The van der Waals surface area contributed by atoms with Crippen LogP contribution in [-0.2, 0) is 17.9 Å². The molecule has 0 saturated carbocycles. The fraction of sp³-hybridized carbons (Fsp3) is 0.190. The van der Waals surface area contributed by atoms with Crippen LogP contribution in [0.15, 0.2) is 54.9 Å². The molecule has 0 saturated heterocycles. The maximum atomic E-state index is 12.2. The number of aryl methyl sites for hydroxylation is 1. The van der Waals surface area contributed by atoms with Gasteiger partial charge < -0.3 is 14.6 Å². The first-order valence-corrected chi connectivity index (χ1v) is 8.61. The fourth-order valence-corrected chi connectivity index (χ4v) is 2.85. The Balaban J connectivity index is 1.69. The van der Waals surface area contributed by atoms with Gasteiger partial charge in [0.05, 0.1) is 19.6 Å². The number of pyridine rings is 1. The number of methoxy groups -OCH3 is 1. The summed E-state index contributed by atoms with van der Waals surface area (Å²) in [6, 6.07) is 13.7. The lowest BCUT2D eigenvalue weighted by Crippen LogP contribution is -2.20. The summed E-state index contributed by atoms with van der Waals surface area (Å²) in [7, 11) is 1.56. The molecule has 0 fully saturated rings. The molecule has 6 nitrogen and oxygen atoms in total. The summed E-state index contributed by atoms with van der Waals surface area (Å²) in [5.41, 5.74) is 2.91. The summed E-state index contributed by atoms with van der Waals surface area (Å²) in [5, 5.41) is 12.7. The first-order valence-electron chi connectivity index (χ1n) is 8.61. The molecule has 136 valence electrons. The van der Waals surface area contributed by atoms with Crippen LogP contribution in [0.5, 0.6) is 5.88 Å². The Labute approximate surface area is 157 Å². The van der Waals surface area contributed by atoms with E-state index in [0.717, 1.165) is 22.0 Å². The van der Waals surface area contributed by atoms with Gasteiger partial charge in [-0.15, -0.1) is 0 Å². The molecule has 1 amide bonds. The van der Waals surface area contributed by atoms with E-state index in [0.29, 0.717) is 25.4 Å². The van der Waals surface area contributed by atoms with Gasteiger partial charge in [0.25, 0.3) is 0 Å². The molecule has 1 aromatic carbocycles. The van der Waals surface area contributed by atoms with Gasteiger partial charge in [-0.25, -0.2) is 4.98 Å². The molecule has 3 rings (SSSR count). The van der Waals surface area contributed by atoms with Crippen molar-refractivity contribution in [2.45, 2.75) is 19.5 Å². The number of ether oxygens (including phenoxy) is 1. The highest BCUT2D eigenvalue weighted by Gasteiger charge is 2.06. The SMILES string of the molecule is COc1cc(CNC(=O)/C=C/c2cn(CCC#N)c3ccccc23)ccn1. The average molecular weight is 360 g/mol. The Hall–Kier alpha value is -3.59. The van der Waals surface area contributed by atoms with Crippen LogP contribution < -0.4 is 10.1 Å². The topological polar surface area (TPSA) is 79.9 Å². The summed E-state index contributed by atoms with van der Waals surface area (Å²) in [6.07, 6.45) is 7.38. The molecule has 3 aromatic rings. The third kappa shape index (κ3) is 4.53. The summed E-state index contributed by atoms with van der Waals surface area (Å²) in [4.78, 5) is 16.2. The quantitative estimate of drug-likeness (QED) is 0.656. The number of amides is 1. The monoisotopic (exact) mass is 360 g/mol. The minimum absolute atomic E-state index is 0.181. The number of nitrogens with zero attached hydrogens (tertiary/aromatic N) is 3. The van der Waals surface area contributed by atoms with Crippen molar-refractivity contribution in [2.75, 3.05) is 7.11 Å². The molecule has 0 bridgehead atoms. The van der Waals surface area contributed by atoms with Gasteiger partial charge in [0.15, 0.2) is 0 Å². The molecule has 0 unspecified atom stereocenters. The van der Waals surface area contributed by atoms with Gasteiger partial charge >= 0.3 is 0 Å². The number of hydrogen-bond acceptors (Lipinski definition) is 4. The second kappa shape index (κ2) is 8.68. The van der Waals surface area contributed by atoms with Crippen molar-refractivity contribution in [3.05, 3.63) is 66.0 Å². The van der Waals surface area contributed by atoms with Crippen LogP contribution in [0.1, 0.15) is 17.5 Å². The molecule has 0 radical (unpaired) electrons. The predicted molar refractivity (Wildman–Crippen MR) is 104 cm³/mol. The van der Waals surface area contributed by atoms with Gasteiger partial charge in [0.1, 0.15) is 0 Å². The average Bonchev–Trinajstić information content (AvgIpc) is 3.07. The summed E-state index contributed by atoms with van der Waals surface area (Å²) in [5.74, 6) is 0.335. The Kier molecular flexibility index (Phi) is 5.85. The van der Waals surface area contributed by atoms with E-state index < -0.39 is 0 Å². The molecule has 0 atom stereocenters. The number of aromatic nitrogens is 2. The highest BCUT2D eigenvalue weighted by Crippen LogP contribution is 2.22. The lowest BCUT2D eigenvalue weighted by Gasteiger charge is -2.04. The molecule has 2 heterocycles. The number of benzene rings is 1. The maximum absolute atomic E-state index is 12.2. The first kappa shape index (κ1) is 18.2. The molecule has 0 spiro atoms. The van der Waals surface area contributed by atoms with E-state index in [1.54, 1.807) is 25.4 Å². The van der Waals surface area contributed by atoms with Gasteiger partial charge in [0.2, 0.25) is 11.8 Å². The predicted octanol–water partition coefficient (Wildman–Crippen LogP) is 3.29. The summed E-state index contributed by atoms with van der Waals surface area (Å²) >= 11 is 0. The lowest BCUT2D eigenvalue weighted by atomic mass is 10.1. The molecule has 2 aromatic heterocycles. The number of carbonyl (C=O) groups is 1. The Morgan fingerprint density at radius 2 is 2.22 bits per heavy atom. The zero-order valence-corrected chi connectivity index (χ0v) is 15.1. The smallest absolute Gasteiger partial charge is 0.244 e. The molecular formula is C21H20N4O2. The van der Waals surface area contributed by atoms with Crippen molar-refractivity contribution in [1.82, 2.24) is 14.9 Å². The molecule has 0 aliphatic carbocycles. The largest absolute Gasteiger partial charge is 0.481 e. The molecular weight excluding hydrogens is 340 g/mol. The Morgan fingerprint density at radius 3 is 3.04 bits per heavy atom. The highest BCUT2D eigenvalue weighted by atomic mass is 16.5. The third-order valence-electron chi connectivity index (χ3n) is 4.17. The van der Waals surface area contributed by atoms with E-state index in [4.69, 9.17) is 10.00 Å². The van der Waals surface area contributed by atoms with Crippen LogP contribution in [0.2, 0.25) is 0 Å². The van der Waals surface area contributed by atoms with E-state index in [9.17, 15) is 4.79 Å². The van der Waals surface area contributed by atoms with Crippen LogP contribution >= 0.6 is 0 Å². The summed E-state index contributed by atoms with van der Waals surface area (Å²) in [6.45, 7) is 1.02. The zero-order valence-electron chi connectivity index (χ0n) is 15.1. The van der Waals surface area contributed by atoms with Crippen molar-refractivity contribution in [3.63, 3.8) is 0 Å². The number of para-hydroxylation sites is 1. The van der Waals surface area contributed by atoms with Gasteiger partial charge in [-0.1, -0.05) is 18.2 Å². The fourth-order valence-electron chi connectivity index (χ4n) is 2.85. The van der Waals surface area contributed by atoms with Gasteiger partial charge in [-0.05, 0) is 23.8 Å². The van der Waals surface area contributed by atoms with Crippen molar-refractivity contribution in [2.24, 2.45) is 0 Å². The van der Waals surface area contributed by atoms with E-state index in [-0.39, 0.29) is 5.91 Å². The summed E-state index contributed by atoms with van der Waals surface area (Å²) < 4.78 is 7.12. The van der Waals surface area contributed by atoms with Crippen molar-refractivity contribution >= 4 is 22.9 Å². The van der Waals surface area contributed by atoms with Crippen molar-refractivity contribution in [1.29, 1.82) is 5.26 Å². The number of carbonyl (C=O) groups excluding carboxylic acids is 1. The normalized spacial score (nSPS) is 10.8. The van der Waals surface area contributed by atoms with E-state index in [2.05, 4.69) is 16.4 Å². The number of hydrogen-bond donors (Lipinski definition) is 1. The zero-order chi connectivity index (χ0) is 19.1. The second-order valence-electron chi connectivity index (χ2n) is 5.96. The first-order chi connectivity index (χ1) is 13.2. The maximum Gasteiger partial charge on any atom is 0.244 e. The van der Waals surface area contributed by atoms with Crippen LogP contribution in [-0.4, -0.2) is 22.6 Å². The lowest BCUT2D eigenvalue weighted by molar-refractivity contribution is -0.116. The molecule has 27 heavy (non-hydrogen) atoms. The number of nitriles is 1. The van der Waals surface area contributed by atoms with Crippen molar-refractivity contribution in [3.8, 4) is 11.9 Å². The molecule has 0 aliphatic rings. The van der Waals surface area contributed by atoms with Gasteiger partial charge in [0, 0.05) is 54.1 Å². The Bertz CT molecular complexity index is 1010. The van der Waals surface area contributed by atoms with Crippen molar-refractivity contribution < 1.29 is 9.53 Å². The minimum Gasteiger partial charge on any atom is -0.481 e. The number of rotatable bonds is 7. The van der Waals surface area contributed by atoms with Gasteiger partial charge in [-0.2, -0.15) is 5.26 Å². The standard InChI is InChI=1S/C21H20N4O2/c1-27-21-13-16(9-11-23-21)14-24-20(26)8-7-17-15-25(12-4-10-22)19-6-3-2-5-18(17)19/h2-3,5-9,11,13,15H,4,12,14H2,1H3,(H,24,26)/b8-7+. The van der Waals surface area contributed by atoms with Gasteiger partial charge in [-0.3, -0.25) is 4.79 Å².